The van der Waals surface area contributed by atoms with Crippen LogP contribution in [-0.4, -0.2) is 15.6 Å². The number of ether oxygens (including phenoxy) is 1. The van der Waals surface area contributed by atoms with Gasteiger partial charge in [-0.15, -0.1) is 0 Å². The van der Waals surface area contributed by atoms with E-state index in [0.717, 1.165) is 22.4 Å². The number of carbonyl (C=O) groups excluding carboxylic acids is 1. The number of imidazole rings is 1. The quantitative estimate of drug-likeness (QED) is 0.805. The number of rotatable bonds is 4. The molecule has 0 spiro atoms. The predicted octanol–water partition coefficient (Wildman–Crippen LogP) is 3.00. The van der Waals surface area contributed by atoms with Gasteiger partial charge in [-0.1, -0.05) is 42.5 Å². The number of aryl methyl sites for hydroxylation is 1. The molecule has 3 rings (SSSR count). The van der Waals surface area contributed by atoms with Gasteiger partial charge in [0.2, 0.25) is 0 Å². The van der Waals surface area contributed by atoms with Gasteiger partial charge >= 0.3 is 6.09 Å². The fourth-order valence-corrected chi connectivity index (χ4v) is 2.28. The molecule has 0 atom stereocenters. The van der Waals surface area contributed by atoms with Crippen LogP contribution in [0.5, 0.6) is 0 Å². The highest BCUT2D eigenvalue weighted by molar-refractivity contribution is 5.76. The third kappa shape index (κ3) is 3.09. The monoisotopic (exact) mass is 295 g/mol. The Kier molecular flexibility index (Phi) is 4.05. The van der Waals surface area contributed by atoms with Gasteiger partial charge in [0, 0.05) is 7.05 Å². The molecule has 22 heavy (non-hydrogen) atoms. The van der Waals surface area contributed by atoms with Crippen molar-refractivity contribution < 1.29 is 9.53 Å². The topological polar surface area (TPSA) is 56.2 Å². The van der Waals surface area contributed by atoms with E-state index in [1.807, 2.05) is 66.2 Å². The molecule has 1 heterocycles. The Morgan fingerprint density at radius 1 is 1.14 bits per heavy atom. The Balaban J connectivity index is 1.57. The number of carbonyl (C=O) groups is 1. The lowest BCUT2D eigenvalue weighted by Gasteiger charge is -2.07. The summed E-state index contributed by atoms with van der Waals surface area (Å²) in [6, 6.07) is 17.4. The zero-order valence-corrected chi connectivity index (χ0v) is 12.3. The molecule has 5 heteroatoms. The number of fused-ring (bicyclic) bond motifs is 1. The number of benzene rings is 2. The molecule has 1 amide bonds. The Morgan fingerprint density at radius 2 is 1.86 bits per heavy atom. The van der Waals surface area contributed by atoms with E-state index in [4.69, 9.17) is 4.74 Å². The van der Waals surface area contributed by atoms with Crippen molar-refractivity contribution in [1.82, 2.24) is 14.9 Å². The van der Waals surface area contributed by atoms with E-state index in [2.05, 4.69) is 10.3 Å². The summed E-state index contributed by atoms with van der Waals surface area (Å²) in [5.74, 6) is 0.790. The Labute approximate surface area is 128 Å². The highest BCUT2D eigenvalue weighted by Crippen LogP contribution is 2.13. The molecule has 0 aliphatic carbocycles. The predicted molar refractivity (Wildman–Crippen MR) is 84.2 cm³/mol. The summed E-state index contributed by atoms with van der Waals surface area (Å²) in [6.07, 6.45) is -0.448. The molecule has 0 radical (unpaired) electrons. The van der Waals surface area contributed by atoms with Crippen molar-refractivity contribution in [3.05, 3.63) is 66.0 Å². The maximum absolute atomic E-state index is 11.7. The summed E-state index contributed by atoms with van der Waals surface area (Å²) in [6.45, 7) is 0.591. The highest BCUT2D eigenvalue weighted by Gasteiger charge is 2.09. The van der Waals surface area contributed by atoms with Crippen LogP contribution in [0.2, 0.25) is 0 Å². The van der Waals surface area contributed by atoms with E-state index in [1.165, 1.54) is 0 Å². The molecular formula is C17H17N3O2. The fraction of sp³-hybridized carbons (Fsp3) is 0.176. The van der Waals surface area contributed by atoms with Crippen molar-refractivity contribution in [3.8, 4) is 0 Å². The highest BCUT2D eigenvalue weighted by atomic mass is 16.5. The van der Waals surface area contributed by atoms with E-state index in [9.17, 15) is 4.79 Å². The van der Waals surface area contributed by atoms with Gasteiger partial charge in [0.1, 0.15) is 12.4 Å². The minimum absolute atomic E-state index is 0.259. The van der Waals surface area contributed by atoms with Crippen LogP contribution in [0.3, 0.4) is 0 Å². The summed E-state index contributed by atoms with van der Waals surface area (Å²) in [4.78, 5) is 16.2. The number of hydrogen-bond acceptors (Lipinski definition) is 3. The summed E-state index contributed by atoms with van der Waals surface area (Å²) in [7, 11) is 1.93. The van der Waals surface area contributed by atoms with Gasteiger partial charge in [0.25, 0.3) is 0 Å². The van der Waals surface area contributed by atoms with Crippen molar-refractivity contribution in [2.75, 3.05) is 0 Å². The second-order valence-electron chi connectivity index (χ2n) is 4.99. The van der Waals surface area contributed by atoms with Crippen molar-refractivity contribution >= 4 is 17.1 Å². The molecule has 0 aliphatic rings. The molecule has 5 nitrogen and oxygen atoms in total. The first-order valence-corrected chi connectivity index (χ1v) is 7.09. The number of amides is 1. The smallest absolute Gasteiger partial charge is 0.407 e. The number of aromatic nitrogens is 2. The van der Waals surface area contributed by atoms with Crippen LogP contribution >= 0.6 is 0 Å². The number of alkyl carbamates (subject to hydrolysis) is 1. The molecule has 2 aromatic carbocycles. The fourth-order valence-electron chi connectivity index (χ4n) is 2.28. The number of nitrogens with one attached hydrogen (secondary N) is 1. The molecule has 1 aromatic heterocycles. The Bertz CT molecular complexity index is 781. The first-order valence-electron chi connectivity index (χ1n) is 7.09. The van der Waals surface area contributed by atoms with Crippen LogP contribution in [0.1, 0.15) is 11.4 Å². The molecule has 0 bridgehead atoms. The maximum Gasteiger partial charge on any atom is 0.407 e. The van der Waals surface area contributed by atoms with Gasteiger partial charge in [-0.25, -0.2) is 9.78 Å². The van der Waals surface area contributed by atoms with Gasteiger partial charge < -0.3 is 14.6 Å². The average molecular weight is 295 g/mol. The molecule has 112 valence electrons. The number of hydrogen-bond donors (Lipinski definition) is 1. The van der Waals surface area contributed by atoms with Gasteiger partial charge in [-0.05, 0) is 17.7 Å². The lowest BCUT2D eigenvalue weighted by molar-refractivity contribution is 0.139. The minimum Gasteiger partial charge on any atom is -0.445 e. The van der Waals surface area contributed by atoms with Crippen LogP contribution < -0.4 is 5.32 Å². The third-order valence-electron chi connectivity index (χ3n) is 3.48. The van der Waals surface area contributed by atoms with E-state index in [1.54, 1.807) is 0 Å². The second-order valence-corrected chi connectivity index (χ2v) is 4.99. The first-order chi connectivity index (χ1) is 10.7. The number of nitrogens with zero attached hydrogens (tertiary/aromatic N) is 2. The van der Waals surface area contributed by atoms with Gasteiger partial charge in [-0.2, -0.15) is 0 Å². The lowest BCUT2D eigenvalue weighted by atomic mass is 10.2. The van der Waals surface area contributed by atoms with Gasteiger partial charge in [-0.3, -0.25) is 0 Å². The van der Waals surface area contributed by atoms with Crippen LogP contribution in [0.15, 0.2) is 54.6 Å². The largest absolute Gasteiger partial charge is 0.445 e. The summed E-state index contributed by atoms with van der Waals surface area (Å²) in [5, 5.41) is 2.73. The molecule has 0 saturated heterocycles. The van der Waals surface area contributed by atoms with Crippen molar-refractivity contribution in [2.45, 2.75) is 13.2 Å². The molecule has 0 unspecified atom stereocenters. The molecule has 1 N–H and O–H groups in total. The van der Waals surface area contributed by atoms with Crippen molar-refractivity contribution in [3.63, 3.8) is 0 Å². The molecule has 0 fully saturated rings. The van der Waals surface area contributed by atoms with Crippen LogP contribution in [0.4, 0.5) is 4.79 Å². The van der Waals surface area contributed by atoms with E-state index in [-0.39, 0.29) is 6.61 Å². The molecule has 3 aromatic rings. The molecule has 0 saturated carbocycles. The van der Waals surface area contributed by atoms with Crippen molar-refractivity contribution in [1.29, 1.82) is 0 Å². The Morgan fingerprint density at radius 3 is 2.64 bits per heavy atom. The molecule has 0 aliphatic heterocycles. The zero-order valence-electron chi connectivity index (χ0n) is 12.3. The molecular weight excluding hydrogens is 278 g/mol. The lowest BCUT2D eigenvalue weighted by Crippen LogP contribution is -2.25. The van der Waals surface area contributed by atoms with Crippen LogP contribution in [0.25, 0.3) is 11.0 Å². The van der Waals surface area contributed by atoms with Crippen LogP contribution in [-0.2, 0) is 24.9 Å². The van der Waals surface area contributed by atoms with E-state index in [0.29, 0.717) is 6.54 Å². The zero-order chi connectivity index (χ0) is 15.4. The standard InChI is InChI=1S/C17H17N3O2/c1-20-15-10-6-5-9-14(15)19-16(20)11-18-17(21)22-12-13-7-3-2-4-8-13/h2-10H,11-12H2,1H3,(H,18,21). The average Bonchev–Trinajstić information content (AvgIpc) is 2.88. The second kappa shape index (κ2) is 6.30. The SMILES string of the molecule is Cn1c(CNC(=O)OCc2ccccc2)nc2ccccc21. The first kappa shape index (κ1) is 14.1. The Hall–Kier alpha value is -2.82. The minimum atomic E-state index is -0.448. The summed E-state index contributed by atoms with van der Waals surface area (Å²) in [5.41, 5.74) is 2.91. The maximum atomic E-state index is 11.7. The number of para-hydroxylation sites is 2. The van der Waals surface area contributed by atoms with Crippen LogP contribution in [0, 0.1) is 0 Å². The van der Waals surface area contributed by atoms with Gasteiger partial charge in [0.15, 0.2) is 0 Å². The summed E-state index contributed by atoms with van der Waals surface area (Å²) < 4.78 is 7.14. The normalized spacial score (nSPS) is 10.6. The third-order valence-corrected chi connectivity index (χ3v) is 3.48. The van der Waals surface area contributed by atoms with Gasteiger partial charge in [0.05, 0.1) is 17.6 Å². The summed E-state index contributed by atoms with van der Waals surface area (Å²) >= 11 is 0. The van der Waals surface area contributed by atoms with E-state index < -0.39 is 6.09 Å². The van der Waals surface area contributed by atoms with E-state index >= 15 is 0 Å². The van der Waals surface area contributed by atoms with Crippen molar-refractivity contribution in [2.24, 2.45) is 7.05 Å².